The van der Waals surface area contributed by atoms with Gasteiger partial charge in [0.25, 0.3) is 5.91 Å². The highest BCUT2D eigenvalue weighted by Crippen LogP contribution is 2.18. The molecule has 1 amide bonds. The zero-order valence-electron chi connectivity index (χ0n) is 12.4. The third-order valence-corrected chi connectivity index (χ3v) is 4.06. The number of halogens is 1. The second kappa shape index (κ2) is 6.50. The van der Waals surface area contributed by atoms with Crippen molar-refractivity contribution in [3.05, 3.63) is 46.7 Å². The molecule has 1 aromatic carbocycles. The molecule has 22 heavy (non-hydrogen) atoms. The normalized spacial score (nSPS) is 17.6. The van der Waals surface area contributed by atoms with E-state index in [-0.39, 0.29) is 12.0 Å². The van der Waals surface area contributed by atoms with Crippen LogP contribution in [0.4, 0.5) is 0 Å². The first kappa shape index (κ1) is 15.1. The maximum atomic E-state index is 12.3. The molecule has 0 bridgehead atoms. The Hall–Kier alpha value is -1.85. The maximum Gasteiger partial charge on any atom is 0.254 e. The van der Waals surface area contributed by atoms with Crippen LogP contribution in [0.5, 0.6) is 0 Å². The zero-order chi connectivity index (χ0) is 15.5. The summed E-state index contributed by atoms with van der Waals surface area (Å²) in [6.07, 6.45) is 3.78. The Morgan fingerprint density at radius 3 is 3.14 bits per heavy atom. The van der Waals surface area contributed by atoms with Crippen LogP contribution in [0.1, 0.15) is 28.9 Å². The number of carbonyl (C=O) groups excluding carboxylic acids is 1. The summed E-state index contributed by atoms with van der Waals surface area (Å²) in [7, 11) is 0. The second-order valence-electron chi connectivity index (χ2n) is 5.38. The smallest absolute Gasteiger partial charge is 0.254 e. The molecule has 3 rings (SSSR count). The second-order valence-corrected chi connectivity index (χ2v) is 5.82. The number of nitrogens with one attached hydrogen (secondary N) is 1. The summed E-state index contributed by atoms with van der Waals surface area (Å²) >= 11 is 6.00. The Bertz CT molecular complexity index is 678. The van der Waals surface area contributed by atoms with Gasteiger partial charge < -0.3 is 10.1 Å². The largest absolute Gasteiger partial charge is 0.376 e. The average Bonchev–Trinajstić information content (AvgIpc) is 3.14. The van der Waals surface area contributed by atoms with Gasteiger partial charge in [0.1, 0.15) is 0 Å². The number of ether oxygens (including phenoxy) is 1. The van der Waals surface area contributed by atoms with Crippen molar-refractivity contribution in [2.24, 2.45) is 0 Å². The number of rotatable bonds is 4. The minimum Gasteiger partial charge on any atom is -0.376 e. The number of hydrogen-bond donors (Lipinski definition) is 1. The van der Waals surface area contributed by atoms with Crippen LogP contribution in [-0.4, -0.2) is 34.9 Å². The van der Waals surface area contributed by atoms with E-state index in [1.807, 2.05) is 25.1 Å². The fourth-order valence-corrected chi connectivity index (χ4v) is 2.79. The van der Waals surface area contributed by atoms with Gasteiger partial charge in [0.15, 0.2) is 0 Å². The van der Waals surface area contributed by atoms with E-state index in [1.54, 1.807) is 16.9 Å². The van der Waals surface area contributed by atoms with Gasteiger partial charge in [-0.1, -0.05) is 17.7 Å². The van der Waals surface area contributed by atoms with Gasteiger partial charge in [-0.05, 0) is 38.0 Å². The van der Waals surface area contributed by atoms with Crippen molar-refractivity contribution in [2.75, 3.05) is 13.2 Å². The summed E-state index contributed by atoms with van der Waals surface area (Å²) in [5.74, 6) is -0.124. The van der Waals surface area contributed by atoms with Gasteiger partial charge in [-0.3, -0.25) is 4.79 Å². The van der Waals surface area contributed by atoms with Gasteiger partial charge in [-0.2, -0.15) is 5.10 Å². The number of carbonyl (C=O) groups is 1. The van der Waals surface area contributed by atoms with Crippen LogP contribution in [0.2, 0.25) is 5.02 Å². The van der Waals surface area contributed by atoms with Crippen molar-refractivity contribution in [3.63, 3.8) is 0 Å². The fraction of sp³-hybridized carbons (Fsp3) is 0.375. The molecule has 1 saturated heterocycles. The van der Waals surface area contributed by atoms with Crippen molar-refractivity contribution in [1.82, 2.24) is 15.1 Å². The first-order valence-corrected chi connectivity index (χ1v) is 7.73. The highest BCUT2D eigenvalue weighted by Gasteiger charge is 2.19. The van der Waals surface area contributed by atoms with Gasteiger partial charge in [-0.15, -0.1) is 0 Å². The molecule has 1 atom stereocenters. The highest BCUT2D eigenvalue weighted by atomic mass is 35.5. The van der Waals surface area contributed by atoms with Gasteiger partial charge in [0.2, 0.25) is 0 Å². The number of hydrogen-bond acceptors (Lipinski definition) is 3. The SMILES string of the molecule is Cc1c(C(=O)NC[C@@H]2CCCO2)cnn1-c1cccc(Cl)c1. The molecule has 0 radical (unpaired) electrons. The van der Waals surface area contributed by atoms with E-state index >= 15 is 0 Å². The molecule has 1 N–H and O–H groups in total. The Morgan fingerprint density at radius 1 is 1.55 bits per heavy atom. The monoisotopic (exact) mass is 319 g/mol. The molecule has 1 aliphatic rings. The summed E-state index contributed by atoms with van der Waals surface area (Å²) < 4.78 is 7.22. The molecule has 0 saturated carbocycles. The molecular weight excluding hydrogens is 302 g/mol. The molecule has 1 fully saturated rings. The van der Waals surface area contributed by atoms with Gasteiger partial charge in [-0.25, -0.2) is 4.68 Å². The molecule has 1 aliphatic heterocycles. The van der Waals surface area contributed by atoms with Crippen LogP contribution < -0.4 is 5.32 Å². The molecule has 5 nitrogen and oxygen atoms in total. The third kappa shape index (κ3) is 3.15. The minimum atomic E-state index is -0.124. The van der Waals surface area contributed by atoms with Crippen molar-refractivity contribution in [3.8, 4) is 5.69 Å². The van der Waals surface area contributed by atoms with Crippen LogP contribution in [0.25, 0.3) is 5.69 Å². The van der Waals surface area contributed by atoms with E-state index in [2.05, 4.69) is 10.4 Å². The van der Waals surface area contributed by atoms with E-state index in [0.717, 1.165) is 30.8 Å². The molecule has 6 heteroatoms. The molecule has 1 aromatic heterocycles. The van der Waals surface area contributed by atoms with Gasteiger partial charge in [0, 0.05) is 18.2 Å². The fourth-order valence-electron chi connectivity index (χ4n) is 2.61. The lowest BCUT2D eigenvalue weighted by Gasteiger charge is -2.10. The highest BCUT2D eigenvalue weighted by molar-refractivity contribution is 6.30. The number of aromatic nitrogens is 2. The lowest BCUT2D eigenvalue weighted by atomic mass is 10.2. The van der Waals surface area contributed by atoms with Crippen molar-refractivity contribution < 1.29 is 9.53 Å². The number of amides is 1. The van der Waals surface area contributed by atoms with Crippen LogP contribution in [0.3, 0.4) is 0 Å². The minimum absolute atomic E-state index is 0.124. The molecular formula is C16H18ClN3O2. The summed E-state index contributed by atoms with van der Waals surface area (Å²) in [6, 6.07) is 7.38. The van der Waals surface area contributed by atoms with E-state index in [0.29, 0.717) is 17.1 Å². The van der Waals surface area contributed by atoms with Crippen molar-refractivity contribution in [1.29, 1.82) is 0 Å². The van der Waals surface area contributed by atoms with Crippen molar-refractivity contribution >= 4 is 17.5 Å². The van der Waals surface area contributed by atoms with Crippen LogP contribution in [0, 0.1) is 6.92 Å². The first-order valence-electron chi connectivity index (χ1n) is 7.35. The number of nitrogens with zero attached hydrogens (tertiary/aromatic N) is 2. The topological polar surface area (TPSA) is 56.1 Å². The molecule has 0 aliphatic carbocycles. The maximum absolute atomic E-state index is 12.3. The van der Waals surface area contributed by atoms with E-state index < -0.39 is 0 Å². The van der Waals surface area contributed by atoms with Gasteiger partial charge in [0.05, 0.1) is 29.2 Å². The van der Waals surface area contributed by atoms with Crippen LogP contribution >= 0.6 is 11.6 Å². The van der Waals surface area contributed by atoms with Crippen LogP contribution in [-0.2, 0) is 4.74 Å². The van der Waals surface area contributed by atoms with Crippen molar-refractivity contribution in [2.45, 2.75) is 25.9 Å². The molecule has 2 aromatic rings. The molecule has 116 valence electrons. The Kier molecular flexibility index (Phi) is 4.45. The average molecular weight is 320 g/mol. The van der Waals surface area contributed by atoms with E-state index in [1.165, 1.54) is 0 Å². The first-order chi connectivity index (χ1) is 10.6. The third-order valence-electron chi connectivity index (χ3n) is 3.82. The summed E-state index contributed by atoms with van der Waals surface area (Å²) in [5, 5.41) is 7.84. The standard InChI is InChI=1S/C16H18ClN3O2/c1-11-15(16(21)18-9-14-6-3-7-22-14)10-19-20(11)13-5-2-4-12(17)8-13/h2,4-5,8,10,14H,3,6-7,9H2,1H3,(H,18,21)/t14-/m0/s1. The summed E-state index contributed by atoms with van der Waals surface area (Å²) in [6.45, 7) is 3.20. The van der Waals surface area contributed by atoms with Gasteiger partial charge >= 0.3 is 0 Å². The Morgan fingerprint density at radius 2 is 2.41 bits per heavy atom. The summed E-state index contributed by atoms with van der Waals surface area (Å²) in [5.41, 5.74) is 2.19. The van der Waals surface area contributed by atoms with Crippen LogP contribution in [0.15, 0.2) is 30.5 Å². The molecule has 2 heterocycles. The van der Waals surface area contributed by atoms with E-state index in [4.69, 9.17) is 16.3 Å². The zero-order valence-corrected chi connectivity index (χ0v) is 13.1. The summed E-state index contributed by atoms with van der Waals surface area (Å²) in [4.78, 5) is 12.3. The predicted octanol–water partition coefficient (Wildman–Crippen LogP) is 2.74. The van der Waals surface area contributed by atoms with E-state index in [9.17, 15) is 4.79 Å². The lowest BCUT2D eigenvalue weighted by molar-refractivity contribution is 0.0857. The lowest BCUT2D eigenvalue weighted by Crippen LogP contribution is -2.32. The quantitative estimate of drug-likeness (QED) is 0.942. The molecule has 0 unspecified atom stereocenters. The Labute approximate surface area is 134 Å². The predicted molar refractivity (Wildman–Crippen MR) is 84.6 cm³/mol. The molecule has 0 spiro atoms. The Balaban J connectivity index is 1.73. The number of benzene rings is 1.